The number of rotatable bonds is 6. The Bertz CT molecular complexity index is 1010. The van der Waals surface area contributed by atoms with Crippen LogP contribution in [0.4, 0.5) is 0 Å². The van der Waals surface area contributed by atoms with Gasteiger partial charge in [-0.3, -0.25) is 9.48 Å². The van der Waals surface area contributed by atoms with E-state index in [1.54, 1.807) is 4.68 Å². The summed E-state index contributed by atoms with van der Waals surface area (Å²) in [7, 11) is 1.91. The monoisotopic (exact) mass is 391 g/mol. The molecule has 1 saturated heterocycles. The first-order valence-corrected chi connectivity index (χ1v) is 10.5. The van der Waals surface area contributed by atoms with Crippen molar-refractivity contribution in [1.29, 1.82) is 0 Å². The number of ketones is 1. The predicted molar refractivity (Wildman–Crippen MR) is 114 cm³/mol. The Kier molecular flexibility index (Phi) is 5.72. The summed E-state index contributed by atoms with van der Waals surface area (Å²) >= 11 is 0. The lowest BCUT2D eigenvalue weighted by Gasteiger charge is -2.33. The van der Waals surface area contributed by atoms with Gasteiger partial charge in [0.2, 0.25) is 0 Å². The third kappa shape index (κ3) is 4.70. The van der Waals surface area contributed by atoms with Gasteiger partial charge in [-0.1, -0.05) is 19.9 Å². The second-order valence-corrected chi connectivity index (χ2v) is 8.65. The normalized spacial score (nSPS) is 17.9. The summed E-state index contributed by atoms with van der Waals surface area (Å²) in [4.78, 5) is 15.4. The third-order valence-electron chi connectivity index (χ3n) is 5.61. The summed E-state index contributed by atoms with van der Waals surface area (Å²) in [6.07, 6.45) is 6.29. The van der Waals surface area contributed by atoms with Gasteiger partial charge in [0.1, 0.15) is 5.78 Å². The highest BCUT2D eigenvalue weighted by molar-refractivity contribution is 5.86. The lowest BCUT2D eigenvalue weighted by atomic mass is 9.91. The van der Waals surface area contributed by atoms with E-state index in [4.69, 9.17) is 0 Å². The van der Waals surface area contributed by atoms with Crippen molar-refractivity contribution >= 4 is 16.7 Å². The highest BCUT2D eigenvalue weighted by Gasteiger charge is 2.26. The molecule has 1 fully saturated rings. The van der Waals surface area contributed by atoms with E-state index in [1.807, 2.05) is 37.6 Å². The van der Waals surface area contributed by atoms with E-state index in [0.29, 0.717) is 12.3 Å². The van der Waals surface area contributed by atoms with Crippen molar-refractivity contribution in [2.24, 2.45) is 18.9 Å². The second-order valence-electron chi connectivity index (χ2n) is 8.65. The number of piperidine rings is 1. The maximum absolute atomic E-state index is 12.9. The van der Waals surface area contributed by atoms with Gasteiger partial charge in [-0.25, -0.2) is 0 Å². The number of benzene rings is 1. The molecule has 1 aliphatic rings. The molecule has 2 aromatic heterocycles. The number of carbonyl (C=O) groups excluding carboxylic acids is 1. The SMILES string of the molecule is CC(C)CN1CCC[C@H](C(=O)Cc2cc3cc(-c4cnn(C)c4)ccc3nn2)C1. The Hall–Kier alpha value is -2.60. The van der Waals surface area contributed by atoms with Gasteiger partial charge in [0.15, 0.2) is 0 Å². The van der Waals surface area contributed by atoms with Crippen LogP contribution in [0.3, 0.4) is 0 Å². The van der Waals surface area contributed by atoms with Crippen LogP contribution in [0.25, 0.3) is 22.0 Å². The van der Waals surface area contributed by atoms with Gasteiger partial charge >= 0.3 is 0 Å². The van der Waals surface area contributed by atoms with Crippen LogP contribution >= 0.6 is 0 Å². The fraction of sp³-hybridized carbons (Fsp3) is 0.478. The van der Waals surface area contributed by atoms with Crippen LogP contribution in [0.5, 0.6) is 0 Å². The molecular formula is C23H29N5O. The maximum Gasteiger partial charge on any atom is 0.143 e. The Balaban J connectivity index is 1.49. The van der Waals surface area contributed by atoms with Crippen LogP contribution in [0.15, 0.2) is 36.7 Å². The average Bonchev–Trinajstić information content (AvgIpc) is 3.13. The van der Waals surface area contributed by atoms with Gasteiger partial charge < -0.3 is 4.90 Å². The molecule has 4 rings (SSSR count). The summed E-state index contributed by atoms with van der Waals surface area (Å²) in [5.74, 6) is 1.03. The van der Waals surface area contributed by atoms with Crippen molar-refractivity contribution in [2.75, 3.05) is 19.6 Å². The molecule has 3 aromatic rings. The minimum Gasteiger partial charge on any atom is -0.302 e. The van der Waals surface area contributed by atoms with E-state index in [1.165, 1.54) is 0 Å². The van der Waals surface area contributed by atoms with E-state index < -0.39 is 0 Å². The molecule has 1 aromatic carbocycles. The molecule has 0 radical (unpaired) electrons. The summed E-state index contributed by atoms with van der Waals surface area (Å²) in [5, 5.41) is 13.9. The van der Waals surface area contributed by atoms with Gasteiger partial charge in [-0.2, -0.15) is 15.3 Å². The number of nitrogens with zero attached hydrogens (tertiary/aromatic N) is 5. The molecule has 0 spiro atoms. The molecule has 0 bridgehead atoms. The van der Waals surface area contributed by atoms with E-state index in [2.05, 4.69) is 40.1 Å². The smallest absolute Gasteiger partial charge is 0.143 e. The fourth-order valence-corrected chi connectivity index (χ4v) is 4.25. The second kappa shape index (κ2) is 8.41. The summed E-state index contributed by atoms with van der Waals surface area (Å²) < 4.78 is 1.79. The Morgan fingerprint density at radius 1 is 1.21 bits per heavy atom. The average molecular weight is 392 g/mol. The molecule has 6 nitrogen and oxygen atoms in total. The molecule has 1 aliphatic heterocycles. The minimum atomic E-state index is 0.113. The number of aryl methyl sites for hydroxylation is 1. The van der Waals surface area contributed by atoms with Crippen molar-refractivity contribution in [3.63, 3.8) is 0 Å². The molecule has 152 valence electrons. The third-order valence-corrected chi connectivity index (χ3v) is 5.61. The van der Waals surface area contributed by atoms with Gasteiger partial charge in [0.05, 0.1) is 23.8 Å². The Morgan fingerprint density at radius 3 is 2.83 bits per heavy atom. The van der Waals surface area contributed by atoms with E-state index in [0.717, 1.165) is 60.2 Å². The Labute approximate surface area is 171 Å². The largest absolute Gasteiger partial charge is 0.302 e. The molecule has 0 amide bonds. The van der Waals surface area contributed by atoms with E-state index in [9.17, 15) is 4.79 Å². The van der Waals surface area contributed by atoms with Gasteiger partial charge in [-0.05, 0) is 49.1 Å². The Morgan fingerprint density at radius 2 is 2.07 bits per heavy atom. The van der Waals surface area contributed by atoms with Crippen LogP contribution in [-0.4, -0.2) is 50.3 Å². The molecular weight excluding hydrogens is 362 g/mol. The number of hydrogen-bond acceptors (Lipinski definition) is 5. The topological polar surface area (TPSA) is 63.9 Å². The summed E-state index contributed by atoms with van der Waals surface area (Å²) in [5.41, 5.74) is 3.75. The van der Waals surface area contributed by atoms with Gasteiger partial charge in [0, 0.05) is 43.2 Å². The van der Waals surface area contributed by atoms with Gasteiger partial charge in [0.25, 0.3) is 0 Å². The van der Waals surface area contributed by atoms with Crippen LogP contribution < -0.4 is 0 Å². The summed E-state index contributed by atoms with van der Waals surface area (Å²) in [6, 6.07) is 8.11. The fourth-order valence-electron chi connectivity index (χ4n) is 4.25. The zero-order chi connectivity index (χ0) is 20.4. The molecule has 0 aliphatic carbocycles. The van der Waals surface area contributed by atoms with Crippen molar-refractivity contribution in [3.05, 3.63) is 42.4 Å². The van der Waals surface area contributed by atoms with Crippen LogP contribution in [0.2, 0.25) is 0 Å². The lowest BCUT2D eigenvalue weighted by molar-refractivity contribution is -0.124. The first kappa shape index (κ1) is 19.7. The van der Waals surface area contributed by atoms with Crippen LogP contribution in [0, 0.1) is 11.8 Å². The van der Waals surface area contributed by atoms with E-state index in [-0.39, 0.29) is 11.7 Å². The standard InChI is InChI=1S/C23H29N5O/c1-16(2)13-28-8-4-5-18(15-28)23(29)11-21-10-19-9-17(6-7-22(19)26-25-21)20-12-24-27(3)14-20/h6-7,9-10,12,14,16,18H,4-5,8,11,13,15H2,1-3H3/t18-/m0/s1. The molecule has 0 unspecified atom stereocenters. The molecule has 3 heterocycles. The number of likely N-dealkylation sites (tertiary alicyclic amines) is 1. The first-order valence-electron chi connectivity index (χ1n) is 10.5. The van der Waals surface area contributed by atoms with Crippen LogP contribution in [-0.2, 0) is 18.3 Å². The number of fused-ring (bicyclic) bond motifs is 1. The highest BCUT2D eigenvalue weighted by Crippen LogP contribution is 2.24. The van der Waals surface area contributed by atoms with Crippen LogP contribution in [0.1, 0.15) is 32.4 Å². The number of hydrogen-bond donors (Lipinski definition) is 0. The zero-order valence-corrected chi connectivity index (χ0v) is 17.5. The predicted octanol–water partition coefficient (Wildman–Crippen LogP) is 3.51. The van der Waals surface area contributed by atoms with E-state index >= 15 is 0 Å². The first-order chi connectivity index (χ1) is 14.0. The molecule has 29 heavy (non-hydrogen) atoms. The highest BCUT2D eigenvalue weighted by atomic mass is 16.1. The van der Waals surface area contributed by atoms with Crippen molar-refractivity contribution in [3.8, 4) is 11.1 Å². The quantitative estimate of drug-likeness (QED) is 0.643. The summed E-state index contributed by atoms with van der Waals surface area (Å²) in [6.45, 7) is 7.51. The molecule has 6 heteroatoms. The number of carbonyl (C=O) groups is 1. The van der Waals surface area contributed by atoms with Crippen molar-refractivity contribution in [2.45, 2.75) is 33.1 Å². The van der Waals surface area contributed by atoms with Crippen molar-refractivity contribution in [1.82, 2.24) is 24.9 Å². The van der Waals surface area contributed by atoms with Gasteiger partial charge in [-0.15, -0.1) is 0 Å². The maximum atomic E-state index is 12.9. The molecule has 0 N–H and O–H groups in total. The lowest BCUT2D eigenvalue weighted by Crippen LogP contribution is -2.40. The molecule has 0 saturated carbocycles. The number of aromatic nitrogens is 4. The zero-order valence-electron chi connectivity index (χ0n) is 17.5. The minimum absolute atomic E-state index is 0.113. The molecule has 1 atom stereocenters. The van der Waals surface area contributed by atoms with Crippen molar-refractivity contribution < 1.29 is 4.79 Å². The number of Topliss-reactive ketones (excluding diaryl/α,β-unsaturated/α-hetero) is 1.